The van der Waals surface area contributed by atoms with Crippen LogP contribution in [-0.4, -0.2) is 39.3 Å². The lowest BCUT2D eigenvalue weighted by Gasteiger charge is -2.14. The summed E-state index contributed by atoms with van der Waals surface area (Å²) in [5, 5.41) is 5.12. The van der Waals surface area contributed by atoms with E-state index in [-0.39, 0.29) is 12.6 Å². The fourth-order valence-corrected chi connectivity index (χ4v) is 1.75. The molecule has 10 heteroatoms. The van der Waals surface area contributed by atoms with Gasteiger partial charge in [0.15, 0.2) is 0 Å². The van der Waals surface area contributed by atoms with Crippen LogP contribution in [0.2, 0.25) is 0 Å². The molecule has 1 aromatic rings. The Labute approximate surface area is 134 Å². The zero-order chi connectivity index (χ0) is 18.4. The minimum atomic E-state index is -4.99. The van der Waals surface area contributed by atoms with Gasteiger partial charge in [0.05, 0.1) is 17.7 Å². The lowest BCUT2D eigenvalue weighted by atomic mass is 10.0. The van der Waals surface area contributed by atoms with Gasteiger partial charge in [-0.1, -0.05) is 0 Å². The molecule has 1 rings (SSSR count). The van der Waals surface area contributed by atoms with E-state index in [0.29, 0.717) is 31.8 Å². The van der Waals surface area contributed by atoms with Crippen molar-refractivity contribution < 1.29 is 35.9 Å². The van der Waals surface area contributed by atoms with E-state index in [1.807, 2.05) is 0 Å². The summed E-state index contributed by atoms with van der Waals surface area (Å²) in [7, 11) is 1.50. The number of hydrogen-bond acceptors (Lipinski definition) is 3. The summed E-state index contributed by atoms with van der Waals surface area (Å²) in [6, 6.07) is 0.759. The fourth-order valence-electron chi connectivity index (χ4n) is 1.75. The molecule has 1 amide bonds. The van der Waals surface area contributed by atoms with Crippen LogP contribution in [0.3, 0.4) is 0 Å². The van der Waals surface area contributed by atoms with Crippen LogP contribution in [0.25, 0.3) is 0 Å². The highest BCUT2D eigenvalue weighted by Crippen LogP contribution is 2.36. The maximum Gasteiger partial charge on any atom is 0.416 e. The quantitative estimate of drug-likeness (QED) is 0.582. The van der Waals surface area contributed by atoms with E-state index in [0.717, 1.165) is 0 Å². The van der Waals surface area contributed by atoms with Crippen molar-refractivity contribution >= 4 is 5.91 Å². The normalized spacial score (nSPS) is 12.3. The van der Waals surface area contributed by atoms with Gasteiger partial charge in [-0.2, -0.15) is 26.3 Å². The molecule has 136 valence electrons. The van der Waals surface area contributed by atoms with Crippen LogP contribution in [-0.2, 0) is 17.1 Å². The Bertz CT molecular complexity index is 525. The molecule has 0 bridgehead atoms. The molecule has 0 aliphatic heterocycles. The summed E-state index contributed by atoms with van der Waals surface area (Å²) in [5.41, 5.74) is -3.75. The molecule has 0 aliphatic carbocycles. The molecule has 24 heavy (non-hydrogen) atoms. The molecule has 4 nitrogen and oxygen atoms in total. The van der Waals surface area contributed by atoms with Crippen molar-refractivity contribution in [2.45, 2.75) is 12.4 Å². The van der Waals surface area contributed by atoms with E-state index in [9.17, 15) is 31.1 Å². The third kappa shape index (κ3) is 6.36. The predicted octanol–water partition coefficient (Wildman–Crippen LogP) is 2.69. The SMILES string of the molecule is COCCNCCNC(=O)c1cc(C(F)(F)F)cc(C(F)(F)F)c1. The number of methoxy groups -OCH3 is 1. The minimum Gasteiger partial charge on any atom is -0.383 e. The molecule has 0 spiro atoms. The van der Waals surface area contributed by atoms with Crippen LogP contribution in [0.5, 0.6) is 0 Å². The molecule has 0 radical (unpaired) electrons. The number of amides is 1. The zero-order valence-corrected chi connectivity index (χ0v) is 12.6. The lowest BCUT2D eigenvalue weighted by molar-refractivity contribution is -0.143. The number of halogens is 6. The first-order chi connectivity index (χ1) is 11.1. The van der Waals surface area contributed by atoms with Crippen molar-refractivity contribution in [2.75, 3.05) is 33.4 Å². The molecule has 0 fully saturated rings. The Morgan fingerprint density at radius 1 is 0.958 bits per heavy atom. The molecule has 0 aliphatic rings. The Morgan fingerprint density at radius 2 is 1.50 bits per heavy atom. The summed E-state index contributed by atoms with van der Waals surface area (Å²) in [6.07, 6.45) is -9.98. The van der Waals surface area contributed by atoms with Crippen LogP contribution in [0, 0.1) is 0 Å². The molecule has 0 saturated carbocycles. The van der Waals surface area contributed by atoms with E-state index >= 15 is 0 Å². The van der Waals surface area contributed by atoms with Crippen LogP contribution < -0.4 is 10.6 Å². The molecule has 0 saturated heterocycles. The lowest BCUT2D eigenvalue weighted by Crippen LogP contribution is -2.33. The number of benzene rings is 1. The van der Waals surface area contributed by atoms with Gasteiger partial charge in [-0.05, 0) is 18.2 Å². The number of hydrogen-bond donors (Lipinski definition) is 2. The van der Waals surface area contributed by atoms with Crippen LogP contribution in [0.15, 0.2) is 18.2 Å². The molecule has 2 N–H and O–H groups in total. The van der Waals surface area contributed by atoms with E-state index in [2.05, 4.69) is 10.6 Å². The van der Waals surface area contributed by atoms with Gasteiger partial charge in [0.2, 0.25) is 0 Å². The highest BCUT2D eigenvalue weighted by molar-refractivity contribution is 5.94. The van der Waals surface area contributed by atoms with Crippen molar-refractivity contribution in [2.24, 2.45) is 0 Å². The average molecular weight is 358 g/mol. The van der Waals surface area contributed by atoms with E-state index < -0.39 is 35.0 Å². The molecular formula is C14H16F6N2O2. The maximum absolute atomic E-state index is 12.7. The Hall–Kier alpha value is -1.81. The zero-order valence-electron chi connectivity index (χ0n) is 12.6. The number of nitrogens with one attached hydrogen (secondary N) is 2. The third-order valence-electron chi connectivity index (χ3n) is 2.92. The van der Waals surface area contributed by atoms with Gasteiger partial charge >= 0.3 is 12.4 Å². The second kappa shape index (κ2) is 8.34. The number of carbonyl (C=O) groups excluding carboxylic acids is 1. The second-order valence-electron chi connectivity index (χ2n) is 4.79. The molecule has 1 aromatic carbocycles. The van der Waals surface area contributed by atoms with Crippen LogP contribution in [0.4, 0.5) is 26.3 Å². The van der Waals surface area contributed by atoms with E-state index in [1.54, 1.807) is 0 Å². The minimum absolute atomic E-state index is 0.0247. The van der Waals surface area contributed by atoms with Gasteiger partial charge in [0, 0.05) is 32.3 Å². The van der Waals surface area contributed by atoms with Gasteiger partial charge in [0.25, 0.3) is 5.91 Å². The van der Waals surface area contributed by atoms with E-state index in [4.69, 9.17) is 4.74 Å². The van der Waals surface area contributed by atoms with Crippen molar-refractivity contribution in [3.05, 3.63) is 34.9 Å². The molecular weight excluding hydrogens is 342 g/mol. The Morgan fingerprint density at radius 3 is 1.96 bits per heavy atom. The van der Waals surface area contributed by atoms with Gasteiger partial charge in [0.1, 0.15) is 0 Å². The Balaban J connectivity index is 2.84. The first-order valence-electron chi connectivity index (χ1n) is 6.83. The molecule has 0 unspecified atom stereocenters. The van der Waals surface area contributed by atoms with Gasteiger partial charge in [-0.25, -0.2) is 0 Å². The summed E-state index contributed by atoms with van der Waals surface area (Å²) < 4.78 is 81.0. The monoisotopic (exact) mass is 358 g/mol. The number of alkyl halides is 6. The topological polar surface area (TPSA) is 50.4 Å². The molecule has 0 aromatic heterocycles. The number of ether oxygens (including phenoxy) is 1. The third-order valence-corrected chi connectivity index (χ3v) is 2.92. The first-order valence-corrected chi connectivity index (χ1v) is 6.83. The molecule has 0 atom stereocenters. The summed E-state index contributed by atoms with van der Waals surface area (Å²) in [4.78, 5) is 11.8. The van der Waals surface area contributed by atoms with Crippen molar-refractivity contribution in [3.8, 4) is 0 Å². The first kappa shape index (κ1) is 20.2. The van der Waals surface area contributed by atoms with Crippen LogP contribution >= 0.6 is 0 Å². The van der Waals surface area contributed by atoms with Gasteiger partial charge < -0.3 is 15.4 Å². The van der Waals surface area contributed by atoms with E-state index in [1.165, 1.54) is 7.11 Å². The maximum atomic E-state index is 12.7. The fraction of sp³-hybridized carbons (Fsp3) is 0.500. The Kier molecular flexibility index (Phi) is 7.03. The smallest absolute Gasteiger partial charge is 0.383 e. The van der Waals surface area contributed by atoms with Gasteiger partial charge in [-0.3, -0.25) is 4.79 Å². The predicted molar refractivity (Wildman–Crippen MR) is 73.5 cm³/mol. The highest BCUT2D eigenvalue weighted by Gasteiger charge is 2.37. The average Bonchev–Trinajstić information content (AvgIpc) is 2.48. The van der Waals surface area contributed by atoms with Crippen LogP contribution in [0.1, 0.15) is 21.5 Å². The number of rotatable bonds is 7. The van der Waals surface area contributed by atoms with Crippen molar-refractivity contribution in [1.82, 2.24) is 10.6 Å². The van der Waals surface area contributed by atoms with Crippen molar-refractivity contribution in [1.29, 1.82) is 0 Å². The summed E-state index contributed by atoms with van der Waals surface area (Å²) in [6.45, 7) is 1.25. The van der Waals surface area contributed by atoms with Gasteiger partial charge in [-0.15, -0.1) is 0 Å². The second-order valence-corrected chi connectivity index (χ2v) is 4.79. The van der Waals surface area contributed by atoms with Crippen molar-refractivity contribution in [3.63, 3.8) is 0 Å². The summed E-state index contributed by atoms with van der Waals surface area (Å²) in [5.74, 6) is -1.01. The standard InChI is InChI=1S/C14H16F6N2O2/c1-24-5-4-21-2-3-22-12(23)9-6-10(13(15,16)17)8-11(7-9)14(18,19)20/h6-8,21H,2-5H2,1H3,(H,22,23). The molecule has 0 heterocycles. The highest BCUT2D eigenvalue weighted by atomic mass is 19.4. The largest absolute Gasteiger partial charge is 0.416 e. The summed E-state index contributed by atoms with van der Waals surface area (Å²) >= 11 is 0. The number of carbonyl (C=O) groups is 1.